The van der Waals surface area contributed by atoms with Crippen LogP contribution in [-0.4, -0.2) is 41.2 Å². The largest absolute Gasteiger partial charge is 0.411 e. The van der Waals surface area contributed by atoms with Crippen molar-refractivity contribution in [1.82, 2.24) is 20.4 Å². The van der Waals surface area contributed by atoms with E-state index < -0.39 is 24.9 Å². The molecule has 2 aromatic rings. The summed E-state index contributed by atoms with van der Waals surface area (Å²) in [5.74, 6) is 0. The molecule has 0 fully saturated rings. The number of hydrogen-bond acceptors (Lipinski definition) is 3. The Bertz CT molecular complexity index is 690. The van der Waals surface area contributed by atoms with Crippen molar-refractivity contribution in [3.8, 4) is 0 Å². The van der Waals surface area contributed by atoms with Gasteiger partial charge in [-0.2, -0.15) is 18.3 Å². The van der Waals surface area contributed by atoms with Gasteiger partial charge in [-0.25, -0.2) is 4.79 Å². The zero-order chi connectivity index (χ0) is 19.0. The normalized spacial score (nSPS) is 12.6. The van der Waals surface area contributed by atoms with Crippen LogP contribution >= 0.6 is 0 Å². The second kappa shape index (κ2) is 9.23. The van der Waals surface area contributed by atoms with Crippen LogP contribution in [-0.2, 0) is 17.8 Å². The molecule has 0 bridgehead atoms. The fourth-order valence-corrected chi connectivity index (χ4v) is 2.30. The molecule has 26 heavy (non-hydrogen) atoms. The minimum Gasteiger partial charge on any atom is -0.370 e. The molecule has 2 rings (SSSR count). The molecule has 142 valence electrons. The molecule has 2 N–H and O–H groups in total. The second-order valence-corrected chi connectivity index (χ2v) is 5.83. The average molecular weight is 370 g/mol. The smallest absolute Gasteiger partial charge is 0.370 e. The number of halogens is 3. The number of alkyl halides is 3. The first-order valence-electron chi connectivity index (χ1n) is 8.06. The molecule has 0 aliphatic carbocycles. The molecule has 1 unspecified atom stereocenters. The Hall–Kier alpha value is -2.55. The molecule has 0 saturated carbocycles. The van der Waals surface area contributed by atoms with Gasteiger partial charge in [0.1, 0.15) is 6.61 Å². The molecule has 1 heterocycles. The monoisotopic (exact) mass is 370 g/mol. The molecule has 0 radical (unpaired) electrons. The van der Waals surface area contributed by atoms with Crippen LogP contribution in [0.1, 0.15) is 18.1 Å². The van der Waals surface area contributed by atoms with Gasteiger partial charge in [0.2, 0.25) is 0 Å². The highest BCUT2D eigenvalue weighted by molar-refractivity contribution is 5.74. The van der Waals surface area contributed by atoms with E-state index in [4.69, 9.17) is 0 Å². The van der Waals surface area contributed by atoms with E-state index in [2.05, 4.69) is 20.5 Å². The summed E-state index contributed by atoms with van der Waals surface area (Å²) in [5.41, 5.74) is 1.94. The number of hydrogen-bond donors (Lipinski definition) is 2. The zero-order valence-corrected chi connectivity index (χ0v) is 14.3. The van der Waals surface area contributed by atoms with Crippen molar-refractivity contribution in [3.63, 3.8) is 0 Å². The summed E-state index contributed by atoms with van der Waals surface area (Å²) in [6.45, 7) is 0.888. The van der Waals surface area contributed by atoms with Crippen LogP contribution in [0.25, 0.3) is 0 Å². The summed E-state index contributed by atoms with van der Waals surface area (Å²) < 4.78 is 42.4. The number of aromatic nitrogens is 2. The van der Waals surface area contributed by atoms with Crippen molar-refractivity contribution < 1.29 is 22.7 Å². The molecule has 0 aliphatic rings. The maximum atomic E-state index is 12.0. The SMILES string of the molecule is CC(COCC(F)(F)F)NC(=O)NCc1ccccc1Cn1cccn1. The Morgan fingerprint density at radius 2 is 2.00 bits per heavy atom. The van der Waals surface area contributed by atoms with Crippen LogP contribution in [0, 0.1) is 0 Å². The number of nitrogens with one attached hydrogen (secondary N) is 2. The van der Waals surface area contributed by atoms with Crippen molar-refractivity contribution in [2.45, 2.75) is 32.2 Å². The Kier molecular flexibility index (Phi) is 7.02. The van der Waals surface area contributed by atoms with Gasteiger partial charge in [-0.05, 0) is 24.1 Å². The number of rotatable bonds is 8. The van der Waals surface area contributed by atoms with Crippen molar-refractivity contribution in [2.24, 2.45) is 0 Å². The lowest BCUT2D eigenvalue weighted by molar-refractivity contribution is -0.174. The predicted molar refractivity (Wildman–Crippen MR) is 89.5 cm³/mol. The van der Waals surface area contributed by atoms with E-state index in [0.29, 0.717) is 13.1 Å². The third-order valence-electron chi connectivity index (χ3n) is 3.46. The summed E-state index contributed by atoms with van der Waals surface area (Å²) in [7, 11) is 0. The van der Waals surface area contributed by atoms with Crippen LogP contribution in [0.4, 0.5) is 18.0 Å². The Balaban J connectivity index is 1.78. The van der Waals surface area contributed by atoms with E-state index in [1.807, 2.05) is 36.5 Å². The van der Waals surface area contributed by atoms with Crippen molar-refractivity contribution in [2.75, 3.05) is 13.2 Å². The van der Waals surface area contributed by atoms with Gasteiger partial charge in [0.15, 0.2) is 0 Å². The lowest BCUT2D eigenvalue weighted by atomic mass is 10.1. The first-order valence-corrected chi connectivity index (χ1v) is 8.06. The lowest BCUT2D eigenvalue weighted by Crippen LogP contribution is -2.43. The van der Waals surface area contributed by atoms with Crippen molar-refractivity contribution in [3.05, 3.63) is 53.9 Å². The fraction of sp³-hybridized carbons (Fsp3) is 0.412. The minimum atomic E-state index is -4.37. The minimum absolute atomic E-state index is 0.219. The molecular weight excluding hydrogens is 349 g/mol. The Labute approximate surface area is 149 Å². The number of carbonyl (C=O) groups is 1. The number of urea groups is 1. The van der Waals surface area contributed by atoms with E-state index in [1.165, 1.54) is 0 Å². The summed E-state index contributed by atoms with van der Waals surface area (Å²) in [4.78, 5) is 11.9. The summed E-state index contributed by atoms with van der Waals surface area (Å²) >= 11 is 0. The number of benzene rings is 1. The number of nitrogens with zero attached hydrogens (tertiary/aromatic N) is 2. The highest BCUT2D eigenvalue weighted by atomic mass is 19.4. The van der Waals surface area contributed by atoms with E-state index in [1.54, 1.807) is 17.8 Å². The van der Waals surface area contributed by atoms with Crippen molar-refractivity contribution in [1.29, 1.82) is 0 Å². The molecule has 9 heteroatoms. The topological polar surface area (TPSA) is 68.2 Å². The van der Waals surface area contributed by atoms with Gasteiger partial charge in [-0.15, -0.1) is 0 Å². The average Bonchev–Trinajstić information content (AvgIpc) is 3.06. The number of ether oxygens (including phenoxy) is 1. The second-order valence-electron chi connectivity index (χ2n) is 5.83. The molecule has 2 amide bonds. The van der Waals surface area contributed by atoms with E-state index in [0.717, 1.165) is 11.1 Å². The third-order valence-corrected chi connectivity index (χ3v) is 3.46. The fourth-order valence-electron chi connectivity index (χ4n) is 2.30. The standard InChI is InChI=1S/C17H21F3N4O2/c1-13(11-26-12-17(18,19)20)23-16(25)21-9-14-5-2-3-6-15(14)10-24-8-4-7-22-24/h2-8,13H,9-12H2,1H3,(H2,21,23,25). The molecule has 1 atom stereocenters. The third kappa shape index (κ3) is 7.14. The van der Waals surface area contributed by atoms with Gasteiger partial charge in [-0.1, -0.05) is 24.3 Å². The highest BCUT2D eigenvalue weighted by Gasteiger charge is 2.27. The molecule has 0 spiro atoms. The van der Waals surface area contributed by atoms with Gasteiger partial charge in [0, 0.05) is 18.9 Å². The first kappa shape index (κ1) is 19.8. The van der Waals surface area contributed by atoms with E-state index in [-0.39, 0.29) is 6.61 Å². The van der Waals surface area contributed by atoms with Gasteiger partial charge >= 0.3 is 12.2 Å². The van der Waals surface area contributed by atoms with Gasteiger partial charge in [0.05, 0.1) is 19.2 Å². The molecule has 1 aromatic carbocycles. The van der Waals surface area contributed by atoms with Gasteiger partial charge in [0.25, 0.3) is 0 Å². The van der Waals surface area contributed by atoms with Crippen LogP contribution in [0.2, 0.25) is 0 Å². The van der Waals surface area contributed by atoms with Crippen molar-refractivity contribution >= 4 is 6.03 Å². The van der Waals surface area contributed by atoms with Crippen LogP contribution in [0.3, 0.4) is 0 Å². The molecule has 6 nitrogen and oxygen atoms in total. The molecular formula is C17H21F3N4O2. The molecule has 0 saturated heterocycles. The first-order chi connectivity index (χ1) is 12.3. The van der Waals surface area contributed by atoms with E-state index >= 15 is 0 Å². The quantitative estimate of drug-likeness (QED) is 0.751. The maximum absolute atomic E-state index is 12.0. The van der Waals surface area contributed by atoms with Gasteiger partial charge < -0.3 is 15.4 Å². The highest BCUT2D eigenvalue weighted by Crippen LogP contribution is 2.14. The lowest BCUT2D eigenvalue weighted by Gasteiger charge is -2.16. The molecule has 0 aliphatic heterocycles. The number of carbonyl (C=O) groups excluding carboxylic acids is 1. The Morgan fingerprint density at radius 3 is 2.65 bits per heavy atom. The summed E-state index contributed by atoms with van der Waals surface area (Å²) in [6, 6.07) is 8.44. The maximum Gasteiger partial charge on any atom is 0.411 e. The van der Waals surface area contributed by atoms with Crippen LogP contribution < -0.4 is 10.6 Å². The van der Waals surface area contributed by atoms with Crippen LogP contribution in [0.15, 0.2) is 42.7 Å². The van der Waals surface area contributed by atoms with Crippen LogP contribution in [0.5, 0.6) is 0 Å². The summed E-state index contributed by atoms with van der Waals surface area (Å²) in [6.07, 6.45) is -0.837. The molecule has 1 aromatic heterocycles. The predicted octanol–water partition coefficient (Wildman–Crippen LogP) is 2.70. The zero-order valence-electron chi connectivity index (χ0n) is 14.3. The van der Waals surface area contributed by atoms with E-state index in [9.17, 15) is 18.0 Å². The number of amides is 2. The van der Waals surface area contributed by atoms with Gasteiger partial charge in [-0.3, -0.25) is 4.68 Å². The Morgan fingerprint density at radius 1 is 1.27 bits per heavy atom. The summed E-state index contributed by atoms with van der Waals surface area (Å²) in [5, 5.41) is 9.40.